The second-order valence-electron chi connectivity index (χ2n) is 7.10. The molecule has 2 fully saturated rings. The summed E-state index contributed by atoms with van der Waals surface area (Å²) in [5, 5.41) is 13.0. The van der Waals surface area contributed by atoms with Gasteiger partial charge in [0, 0.05) is 23.2 Å². The van der Waals surface area contributed by atoms with E-state index in [0.29, 0.717) is 17.6 Å². The summed E-state index contributed by atoms with van der Waals surface area (Å²) in [5.41, 5.74) is 0.951. The molecule has 8 heteroatoms. The van der Waals surface area contributed by atoms with Crippen molar-refractivity contribution in [3.63, 3.8) is 0 Å². The summed E-state index contributed by atoms with van der Waals surface area (Å²) >= 11 is 7.47. The van der Waals surface area contributed by atoms with Crippen LogP contribution in [0.4, 0.5) is 0 Å². The van der Waals surface area contributed by atoms with Crippen molar-refractivity contribution >= 4 is 29.3 Å². The minimum absolute atomic E-state index is 0.0576. The lowest BCUT2D eigenvalue weighted by Gasteiger charge is -2.16. The van der Waals surface area contributed by atoms with E-state index in [2.05, 4.69) is 20.1 Å². The van der Waals surface area contributed by atoms with Crippen LogP contribution in [0.15, 0.2) is 29.4 Å². The first-order valence-electron chi connectivity index (χ1n) is 9.38. The van der Waals surface area contributed by atoms with Gasteiger partial charge in [0.25, 0.3) is 0 Å². The number of ether oxygens (including phenoxy) is 1. The van der Waals surface area contributed by atoms with Crippen LogP contribution in [0.2, 0.25) is 5.02 Å². The lowest BCUT2D eigenvalue weighted by atomic mass is 10.2. The third-order valence-electron chi connectivity index (χ3n) is 4.80. The molecule has 144 valence electrons. The predicted octanol–water partition coefficient (Wildman–Crippen LogP) is 3.54. The fourth-order valence-electron chi connectivity index (χ4n) is 3.10. The third kappa shape index (κ3) is 4.65. The average Bonchev–Trinajstić information content (AvgIpc) is 3.16. The Kier molecular flexibility index (Phi) is 5.71. The molecule has 4 rings (SSSR count). The highest BCUT2D eigenvalue weighted by Gasteiger charge is 2.28. The van der Waals surface area contributed by atoms with E-state index >= 15 is 0 Å². The molecule has 6 nitrogen and oxygen atoms in total. The Hall–Kier alpha value is -1.57. The molecular weight excluding hydrogens is 384 g/mol. The van der Waals surface area contributed by atoms with Gasteiger partial charge in [-0.3, -0.25) is 9.36 Å². The Bertz CT molecular complexity index is 801. The van der Waals surface area contributed by atoms with Gasteiger partial charge >= 0.3 is 0 Å². The number of amides is 1. The lowest BCUT2D eigenvalue weighted by Crippen LogP contribution is -2.32. The first kappa shape index (κ1) is 18.8. The highest BCUT2D eigenvalue weighted by atomic mass is 35.5. The van der Waals surface area contributed by atoms with Gasteiger partial charge in [-0.1, -0.05) is 23.4 Å². The molecule has 1 aliphatic heterocycles. The zero-order valence-corrected chi connectivity index (χ0v) is 16.8. The van der Waals surface area contributed by atoms with Crippen LogP contribution in [-0.2, 0) is 16.1 Å². The van der Waals surface area contributed by atoms with Gasteiger partial charge < -0.3 is 10.1 Å². The van der Waals surface area contributed by atoms with Crippen molar-refractivity contribution in [3.05, 3.63) is 29.3 Å². The minimum Gasteiger partial charge on any atom is -0.376 e. The molecule has 2 heterocycles. The minimum atomic E-state index is -0.226. The zero-order valence-electron chi connectivity index (χ0n) is 15.2. The van der Waals surface area contributed by atoms with Crippen molar-refractivity contribution < 1.29 is 9.53 Å². The Morgan fingerprint density at radius 3 is 2.78 bits per heavy atom. The highest BCUT2D eigenvalue weighted by Crippen LogP contribution is 2.30. The highest BCUT2D eigenvalue weighted by molar-refractivity contribution is 8.00. The Labute approximate surface area is 168 Å². The van der Waals surface area contributed by atoms with E-state index in [4.69, 9.17) is 16.3 Å². The molecule has 1 saturated heterocycles. The summed E-state index contributed by atoms with van der Waals surface area (Å²) < 4.78 is 7.89. The van der Waals surface area contributed by atoms with Crippen LogP contribution in [0.3, 0.4) is 0 Å². The van der Waals surface area contributed by atoms with Crippen LogP contribution in [0.5, 0.6) is 0 Å². The molecule has 2 aromatic rings. The quantitative estimate of drug-likeness (QED) is 0.712. The van der Waals surface area contributed by atoms with Crippen molar-refractivity contribution in [2.24, 2.45) is 0 Å². The van der Waals surface area contributed by atoms with Crippen LogP contribution >= 0.6 is 23.4 Å². The molecule has 2 aliphatic rings. The van der Waals surface area contributed by atoms with Gasteiger partial charge in [-0.2, -0.15) is 0 Å². The van der Waals surface area contributed by atoms with Crippen molar-refractivity contribution in [2.45, 2.75) is 61.7 Å². The zero-order chi connectivity index (χ0) is 18.8. The van der Waals surface area contributed by atoms with Crippen LogP contribution in [-0.4, -0.2) is 44.7 Å². The predicted molar refractivity (Wildman–Crippen MR) is 106 cm³/mol. The molecule has 1 saturated carbocycles. The van der Waals surface area contributed by atoms with E-state index < -0.39 is 0 Å². The number of thioether (sulfide) groups is 1. The van der Waals surface area contributed by atoms with Crippen molar-refractivity contribution in [2.75, 3.05) is 6.61 Å². The van der Waals surface area contributed by atoms with Crippen LogP contribution in [0, 0.1) is 0 Å². The van der Waals surface area contributed by atoms with E-state index in [1.807, 2.05) is 31.2 Å². The number of nitrogens with one attached hydrogen (secondary N) is 1. The molecule has 1 aromatic heterocycles. The molecule has 0 radical (unpaired) electrons. The second kappa shape index (κ2) is 8.20. The maximum atomic E-state index is 12.3. The molecule has 1 N–H and O–H groups in total. The maximum absolute atomic E-state index is 12.3. The van der Waals surface area contributed by atoms with Gasteiger partial charge in [-0.05, 0) is 56.9 Å². The van der Waals surface area contributed by atoms with Crippen LogP contribution in [0.1, 0.15) is 32.6 Å². The molecule has 1 aliphatic carbocycles. The number of carbonyl (C=O) groups is 1. The molecule has 0 unspecified atom stereocenters. The molecule has 1 amide bonds. The fourth-order valence-corrected chi connectivity index (χ4v) is 4.10. The lowest BCUT2D eigenvalue weighted by molar-refractivity contribution is -0.120. The third-order valence-corrected chi connectivity index (χ3v) is 6.14. The summed E-state index contributed by atoms with van der Waals surface area (Å²) in [7, 11) is 0. The van der Waals surface area contributed by atoms with E-state index in [0.717, 1.165) is 48.8 Å². The molecule has 0 bridgehead atoms. The molecule has 2 atom stereocenters. The number of nitrogens with zero attached hydrogens (tertiary/aromatic N) is 3. The van der Waals surface area contributed by atoms with Crippen molar-refractivity contribution in [1.29, 1.82) is 0 Å². The second-order valence-corrected chi connectivity index (χ2v) is 8.85. The maximum Gasteiger partial charge on any atom is 0.233 e. The molecule has 27 heavy (non-hydrogen) atoms. The van der Waals surface area contributed by atoms with Crippen LogP contribution < -0.4 is 5.32 Å². The van der Waals surface area contributed by atoms with Gasteiger partial charge in [-0.15, -0.1) is 10.2 Å². The monoisotopic (exact) mass is 406 g/mol. The summed E-state index contributed by atoms with van der Waals surface area (Å²) in [4.78, 5) is 12.3. The first-order valence-corrected chi connectivity index (χ1v) is 10.6. The van der Waals surface area contributed by atoms with Gasteiger partial charge in [-0.25, -0.2) is 0 Å². The number of hydrogen-bond donors (Lipinski definition) is 1. The number of rotatable bonds is 7. The topological polar surface area (TPSA) is 69.0 Å². The van der Waals surface area contributed by atoms with Gasteiger partial charge in [0.05, 0.1) is 17.9 Å². The molecule has 1 aromatic carbocycles. The fraction of sp³-hybridized carbons (Fsp3) is 0.526. The number of benzene rings is 1. The Morgan fingerprint density at radius 1 is 1.33 bits per heavy atom. The van der Waals surface area contributed by atoms with Gasteiger partial charge in [0.1, 0.15) is 0 Å². The van der Waals surface area contributed by atoms with Crippen molar-refractivity contribution in [1.82, 2.24) is 20.1 Å². The van der Waals surface area contributed by atoms with E-state index in [-0.39, 0.29) is 17.3 Å². The number of halogens is 1. The SMILES string of the molecule is C[C@H](Sc1nnc(-c2ccc(Cl)cc2)n1C[C@H]1CCCO1)C(=O)NC1CC1. The van der Waals surface area contributed by atoms with E-state index in [1.54, 1.807) is 0 Å². The van der Waals surface area contributed by atoms with Crippen LogP contribution in [0.25, 0.3) is 11.4 Å². The number of aromatic nitrogens is 3. The summed E-state index contributed by atoms with van der Waals surface area (Å²) in [5.74, 6) is 0.835. The Balaban J connectivity index is 1.57. The summed E-state index contributed by atoms with van der Waals surface area (Å²) in [6, 6.07) is 7.93. The summed E-state index contributed by atoms with van der Waals surface area (Å²) in [6.07, 6.45) is 4.42. The summed E-state index contributed by atoms with van der Waals surface area (Å²) in [6.45, 7) is 3.39. The largest absolute Gasteiger partial charge is 0.376 e. The molecule has 0 spiro atoms. The standard InChI is InChI=1S/C19H23ClN4O2S/c1-12(18(25)21-15-8-9-15)27-19-23-22-17(13-4-6-14(20)7-5-13)24(19)11-16-3-2-10-26-16/h4-7,12,15-16H,2-3,8-11H2,1H3,(H,21,25)/t12-,16+/m0/s1. The average molecular weight is 407 g/mol. The van der Waals surface area contributed by atoms with E-state index in [1.165, 1.54) is 11.8 Å². The smallest absolute Gasteiger partial charge is 0.233 e. The first-order chi connectivity index (χ1) is 13.1. The Morgan fingerprint density at radius 2 is 2.11 bits per heavy atom. The van der Waals surface area contributed by atoms with E-state index in [9.17, 15) is 4.79 Å². The van der Waals surface area contributed by atoms with Gasteiger partial charge in [0.2, 0.25) is 5.91 Å². The number of carbonyl (C=O) groups excluding carboxylic acids is 1. The van der Waals surface area contributed by atoms with Gasteiger partial charge in [0.15, 0.2) is 11.0 Å². The molecular formula is C19H23ClN4O2S. The van der Waals surface area contributed by atoms with Crippen molar-refractivity contribution in [3.8, 4) is 11.4 Å². The number of hydrogen-bond acceptors (Lipinski definition) is 5. The normalized spacial score (nSPS) is 20.6.